The van der Waals surface area contributed by atoms with Crippen LogP contribution < -0.4 is 4.74 Å². The molecule has 0 N–H and O–H groups in total. The Hall–Kier alpha value is -1.53. The monoisotopic (exact) mass is 288 g/mol. The van der Waals surface area contributed by atoms with Crippen molar-refractivity contribution in [1.29, 1.82) is 0 Å². The molecule has 0 saturated carbocycles. The van der Waals surface area contributed by atoms with Gasteiger partial charge >= 0.3 is 5.97 Å². The normalized spacial score (nSPS) is 14.2. The summed E-state index contributed by atoms with van der Waals surface area (Å²) >= 11 is 0. The van der Waals surface area contributed by atoms with Crippen LogP contribution in [0.1, 0.15) is 5.56 Å². The van der Waals surface area contributed by atoms with Crippen LogP contribution in [0.25, 0.3) is 6.08 Å². The van der Waals surface area contributed by atoms with Gasteiger partial charge in [-0.3, -0.25) is 0 Å². The topological polar surface area (TPSA) is 69.7 Å². The summed E-state index contributed by atoms with van der Waals surface area (Å²) in [6, 6.07) is 4.19. The Kier molecular flexibility index (Phi) is 3.32. The zero-order valence-electron chi connectivity index (χ0n) is 9.34. The van der Waals surface area contributed by atoms with Gasteiger partial charge in [0, 0.05) is 16.2 Å². The van der Waals surface area contributed by atoms with E-state index in [0.29, 0.717) is 16.9 Å². The number of rotatable bonds is 2. The summed E-state index contributed by atoms with van der Waals surface area (Å²) in [5.41, 5.74) is 0.789. The summed E-state index contributed by atoms with van der Waals surface area (Å²) in [5, 5.41) is 0. The van der Waals surface area contributed by atoms with Gasteiger partial charge in [0.15, 0.2) is 0 Å². The van der Waals surface area contributed by atoms with Crippen molar-refractivity contribution < 1.29 is 22.7 Å². The lowest BCUT2D eigenvalue weighted by Gasteiger charge is -2.16. The summed E-state index contributed by atoms with van der Waals surface area (Å²) in [6.07, 6.45) is 1.52. The molecule has 0 fully saturated rings. The molecule has 0 atom stereocenters. The molecule has 0 bridgehead atoms. The quantitative estimate of drug-likeness (QED) is 0.610. The fourth-order valence-electron chi connectivity index (χ4n) is 1.56. The number of benzene rings is 1. The van der Waals surface area contributed by atoms with E-state index in [0.717, 1.165) is 0 Å². The van der Waals surface area contributed by atoms with Crippen molar-refractivity contribution in [1.82, 2.24) is 0 Å². The fraction of sp³-hybridized carbons (Fsp3) is 0.182. The van der Waals surface area contributed by atoms with Crippen molar-refractivity contribution in [2.45, 2.75) is 4.90 Å². The molecule has 18 heavy (non-hydrogen) atoms. The van der Waals surface area contributed by atoms with Crippen LogP contribution in [0, 0.1) is 0 Å². The van der Waals surface area contributed by atoms with Crippen LogP contribution in [0.3, 0.4) is 0 Å². The Morgan fingerprint density at radius 3 is 2.78 bits per heavy atom. The lowest BCUT2D eigenvalue weighted by molar-refractivity contribution is -0.136. The lowest BCUT2D eigenvalue weighted by atomic mass is 10.1. The van der Waals surface area contributed by atoms with Crippen LogP contribution in [0.5, 0.6) is 5.75 Å². The number of halogens is 1. The first kappa shape index (κ1) is 12.9. The van der Waals surface area contributed by atoms with Crippen molar-refractivity contribution in [3.63, 3.8) is 0 Å². The standard InChI is InChI=1S/C11H9ClO5S/c1-16-11(13)8-4-7-5-9(18(12,14)15)2-3-10(7)17-6-8/h2-5H,6H2,1H3. The zero-order chi connectivity index (χ0) is 13.3. The minimum atomic E-state index is -3.81. The summed E-state index contributed by atoms with van der Waals surface area (Å²) < 4.78 is 32.3. The van der Waals surface area contributed by atoms with E-state index in [4.69, 9.17) is 15.4 Å². The van der Waals surface area contributed by atoms with Gasteiger partial charge in [0.2, 0.25) is 0 Å². The number of carbonyl (C=O) groups is 1. The highest BCUT2D eigenvalue weighted by atomic mass is 35.7. The van der Waals surface area contributed by atoms with Crippen molar-refractivity contribution in [3.05, 3.63) is 29.3 Å². The van der Waals surface area contributed by atoms with Gasteiger partial charge in [-0.1, -0.05) is 0 Å². The predicted molar refractivity (Wildman–Crippen MR) is 65.0 cm³/mol. The first-order chi connectivity index (χ1) is 8.41. The molecule has 0 saturated heterocycles. The molecule has 0 amide bonds. The molecule has 1 aromatic carbocycles. The Morgan fingerprint density at radius 1 is 1.44 bits per heavy atom. The van der Waals surface area contributed by atoms with E-state index >= 15 is 0 Å². The van der Waals surface area contributed by atoms with Crippen LogP contribution in [-0.2, 0) is 18.6 Å². The minimum Gasteiger partial charge on any atom is -0.488 e. The molecule has 0 aromatic heterocycles. The van der Waals surface area contributed by atoms with E-state index in [1.807, 2.05) is 0 Å². The largest absolute Gasteiger partial charge is 0.488 e. The molecule has 96 valence electrons. The van der Waals surface area contributed by atoms with Crippen molar-refractivity contribution >= 4 is 31.8 Å². The number of hydrogen-bond acceptors (Lipinski definition) is 5. The second kappa shape index (κ2) is 4.62. The van der Waals surface area contributed by atoms with Crippen LogP contribution in [0.2, 0.25) is 0 Å². The van der Waals surface area contributed by atoms with E-state index in [1.54, 1.807) is 0 Å². The van der Waals surface area contributed by atoms with E-state index in [9.17, 15) is 13.2 Å². The van der Waals surface area contributed by atoms with Crippen LogP contribution in [0.15, 0.2) is 28.7 Å². The van der Waals surface area contributed by atoms with E-state index in [1.165, 1.54) is 31.4 Å². The van der Waals surface area contributed by atoms with Gasteiger partial charge in [0.25, 0.3) is 9.05 Å². The van der Waals surface area contributed by atoms with Gasteiger partial charge in [-0.2, -0.15) is 0 Å². The number of methoxy groups -OCH3 is 1. The molecule has 0 aliphatic carbocycles. The van der Waals surface area contributed by atoms with Crippen LogP contribution in [0.4, 0.5) is 0 Å². The zero-order valence-corrected chi connectivity index (χ0v) is 10.9. The Balaban J connectivity index is 2.48. The molecule has 1 aliphatic heterocycles. The third-order valence-electron chi connectivity index (χ3n) is 2.42. The molecular formula is C11H9ClO5S. The number of esters is 1. The first-order valence-corrected chi connectivity index (χ1v) is 7.23. The van der Waals surface area contributed by atoms with Crippen molar-refractivity contribution in [2.24, 2.45) is 0 Å². The van der Waals surface area contributed by atoms with E-state index in [-0.39, 0.29) is 11.5 Å². The lowest BCUT2D eigenvalue weighted by Crippen LogP contribution is -2.16. The maximum absolute atomic E-state index is 11.3. The molecule has 0 spiro atoms. The minimum absolute atomic E-state index is 0.0473. The van der Waals surface area contributed by atoms with Gasteiger partial charge in [0.1, 0.15) is 12.4 Å². The van der Waals surface area contributed by atoms with Gasteiger partial charge in [0.05, 0.1) is 17.6 Å². The van der Waals surface area contributed by atoms with Gasteiger partial charge < -0.3 is 9.47 Å². The van der Waals surface area contributed by atoms with Crippen molar-refractivity contribution in [3.8, 4) is 5.75 Å². The Morgan fingerprint density at radius 2 is 2.17 bits per heavy atom. The van der Waals surface area contributed by atoms with E-state index < -0.39 is 15.0 Å². The Labute approximate surface area is 108 Å². The molecule has 1 heterocycles. The highest BCUT2D eigenvalue weighted by Crippen LogP contribution is 2.30. The fourth-order valence-corrected chi connectivity index (χ4v) is 2.34. The average Bonchev–Trinajstić information content (AvgIpc) is 2.35. The molecule has 0 unspecified atom stereocenters. The van der Waals surface area contributed by atoms with Crippen molar-refractivity contribution in [2.75, 3.05) is 13.7 Å². The SMILES string of the molecule is COC(=O)C1=Cc2cc(S(=O)(=O)Cl)ccc2OC1. The number of ether oxygens (including phenoxy) is 2. The maximum atomic E-state index is 11.3. The first-order valence-electron chi connectivity index (χ1n) is 4.92. The predicted octanol–water partition coefficient (Wildman–Crippen LogP) is 1.56. The summed E-state index contributed by atoms with van der Waals surface area (Å²) in [5.74, 6) is -0.0218. The smallest absolute Gasteiger partial charge is 0.337 e. The van der Waals surface area contributed by atoms with Gasteiger partial charge in [-0.15, -0.1) is 0 Å². The van der Waals surface area contributed by atoms with Gasteiger partial charge in [-0.25, -0.2) is 13.2 Å². The highest BCUT2D eigenvalue weighted by Gasteiger charge is 2.20. The second-order valence-corrected chi connectivity index (χ2v) is 6.15. The molecule has 1 aliphatic rings. The Bertz CT molecular complexity index is 633. The molecule has 2 rings (SSSR count). The number of hydrogen-bond donors (Lipinski definition) is 0. The molecule has 5 nitrogen and oxygen atoms in total. The highest BCUT2D eigenvalue weighted by molar-refractivity contribution is 8.13. The molecular weight excluding hydrogens is 280 g/mol. The number of carbonyl (C=O) groups excluding carboxylic acids is 1. The third kappa shape index (κ3) is 2.49. The second-order valence-electron chi connectivity index (χ2n) is 3.59. The average molecular weight is 289 g/mol. The summed E-state index contributed by atoms with van der Waals surface area (Å²) in [4.78, 5) is 11.3. The number of fused-ring (bicyclic) bond motifs is 1. The molecule has 1 aromatic rings. The summed E-state index contributed by atoms with van der Waals surface area (Å²) in [6.45, 7) is 0.0899. The maximum Gasteiger partial charge on any atom is 0.337 e. The molecule has 7 heteroatoms. The van der Waals surface area contributed by atoms with Crippen LogP contribution >= 0.6 is 10.7 Å². The molecule has 0 radical (unpaired) electrons. The van der Waals surface area contributed by atoms with E-state index in [2.05, 4.69) is 4.74 Å². The van der Waals surface area contributed by atoms with Crippen LogP contribution in [-0.4, -0.2) is 28.1 Å². The third-order valence-corrected chi connectivity index (χ3v) is 3.77. The summed E-state index contributed by atoms with van der Waals surface area (Å²) in [7, 11) is 2.70. The van der Waals surface area contributed by atoms with Gasteiger partial charge in [-0.05, 0) is 24.3 Å².